The van der Waals surface area contributed by atoms with Crippen LogP contribution in [-0.4, -0.2) is 9.97 Å². The van der Waals surface area contributed by atoms with E-state index in [2.05, 4.69) is 31.2 Å². The lowest BCUT2D eigenvalue weighted by molar-refractivity contribution is 0.614. The quantitative estimate of drug-likeness (QED) is 0.832. The standard InChI is InChI=1S/C13H12BrClFN3/c1-7-3-4-9(5-11(7)16)8(2)18-12-10(14)6-17-13(15)19-12/h3-6,8H,1-2H3,(H,17,18,19). The number of hydrogen-bond donors (Lipinski definition) is 1. The monoisotopic (exact) mass is 343 g/mol. The van der Waals surface area contributed by atoms with Crippen molar-refractivity contribution in [2.75, 3.05) is 5.32 Å². The van der Waals surface area contributed by atoms with E-state index in [0.717, 1.165) is 5.56 Å². The van der Waals surface area contributed by atoms with Crippen molar-refractivity contribution in [3.05, 3.63) is 51.1 Å². The molecule has 0 aliphatic heterocycles. The predicted octanol–water partition coefficient (Wildman–Crippen LogP) is 4.51. The molecule has 0 bridgehead atoms. The smallest absolute Gasteiger partial charge is 0.224 e. The van der Waals surface area contributed by atoms with E-state index >= 15 is 0 Å². The van der Waals surface area contributed by atoms with Crippen LogP contribution in [0.5, 0.6) is 0 Å². The normalized spacial score (nSPS) is 12.3. The van der Waals surface area contributed by atoms with Gasteiger partial charge in [-0.15, -0.1) is 0 Å². The minimum Gasteiger partial charge on any atom is -0.362 e. The van der Waals surface area contributed by atoms with Gasteiger partial charge in [0, 0.05) is 6.20 Å². The van der Waals surface area contributed by atoms with E-state index in [1.54, 1.807) is 19.2 Å². The zero-order valence-corrected chi connectivity index (χ0v) is 12.8. The van der Waals surface area contributed by atoms with Crippen LogP contribution in [0.3, 0.4) is 0 Å². The summed E-state index contributed by atoms with van der Waals surface area (Å²) < 4.78 is 14.2. The molecular formula is C13H12BrClFN3. The number of hydrogen-bond acceptors (Lipinski definition) is 3. The van der Waals surface area contributed by atoms with Crippen molar-refractivity contribution in [2.45, 2.75) is 19.9 Å². The molecule has 100 valence electrons. The van der Waals surface area contributed by atoms with Crippen molar-refractivity contribution >= 4 is 33.3 Å². The van der Waals surface area contributed by atoms with Crippen LogP contribution in [0, 0.1) is 12.7 Å². The Bertz CT molecular complexity index is 606. The maximum atomic E-state index is 13.5. The lowest BCUT2D eigenvalue weighted by Crippen LogP contribution is -2.09. The molecule has 6 heteroatoms. The average molecular weight is 345 g/mol. The summed E-state index contributed by atoms with van der Waals surface area (Å²) in [5.74, 6) is 0.361. The molecule has 1 heterocycles. The Kier molecular flexibility index (Phi) is 4.37. The van der Waals surface area contributed by atoms with Gasteiger partial charge in [-0.2, -0.15) is 4.98 Å². The van der Waals surface area contributed by atoms with E-state index in [4.69, 9.17) is 11.6 Å². The molecule has 0 radical (unpaired) electrons. The molecule has 1 unspecified atom stereocenters. The fourth-order valence-electron chi connectivity index (χ4n) is 1.61. The van der Waals surface area contributed by atoms with E-state index < -0.39 is 0 Å². The molecule has 0 amide bonds. The summed E-state index contributed by atoms with van der Waals surface area (Å²) in [4.78, 5) is 7.93. The van der Waals surface area contributed by atoms with Gasteiger partial charge in [0.2, 0.25) is 5.28 Å². The van der Waals surface area contributed by atoms with Gasteiger partial charge in [-0.3, -0.25) is 0 Å². The lowest BCUT2D eigenvalue weighted by atomic mass is 10.1. The van der Waals surface area contributed by atoms with Crippen molar-refractivity contribution in [3.8, 4) is 0 Å². The van der Waals surface area contributed by atoms with Crippen LogP contribution in [0.4, 0.5) is 10.2 Å². The van der Waals surface area contributed by atoms with Crippen LogP contribution >= 0.6 is 27.5 Å². The molecule has 1 aromatic carbocycles. The Morgan fingerprint density at radius 2 is 2.16 bits per heavy atom. The van der Waals surface area contributed by atoms with Crippen molar-refractivity contribution in [2.24, 2.45) is 0 Å². The first-order valence-electron chi connectivity index (χ1n) is 5.68. The minimum atomic E-state index is -0.217. The summed E-state index contributed by atoms with van der Waals surface area (Å²) >= 11 is 9.09. The number of nitrogens with zero attached hydrogens (tertiary/aromatic N) is 2. The molecule has 19 heavy (non-hydrogen) atoms. The first kappa shape index (κ1) is 14.2. The summed E-state index contributed by atoms with van der Waals surface area (Å²) in [6.07, 6.45) is 1.57. The number of nitrogens with one attached hydrogen (secondary N) is 1. The van der Waals surface area contributed by atoms with Crippen molar-refractivity contribution in [3.63, 3.8) is 0 Å². The molecule has 2 aromatic rings. The lowest BCUT2D eigenvalue weighted by Gasteiger charge is -2.16. The number of aromatic nitrogens is 2. The van der Waals surface area contributed by atoms with E-state index in [1.807, 2.05) is 13.0 Å². The van der Waals surface area contributed by atoms with Gasteiger partial charge in [-0.1, -0.05) is 12.1 Å². The van der Waals surface area contributed by atoms with Gasteiger partial charge in [0.1, 0.15) is 11.6 Å². The number of benzene rings is 1. The van der Waals surface area contributed by atoms with Crippen molar-refractivity contribution < 1.29 is 4.39 Å². The van der Waals surface area contributed by atoms with Gasteiger partial charge >= 0.3 is 0 Å². The van der Waals surface area contributed by atoms with Crippen LogP contribution < -0.4 is 5.32 Å². The van der Waals surface area contributed by atoms with Crippen LogP contribution in [0.2, 0.25) is 5.28 Å². The largest absolute Gasteiger partial charge is 0.362 e. The number of anilines is 1. The molecule has 3 nitrogen and oxygen atoms in total. The SMILES string of the molecule is Cc1ccc(C(C)Nc2nc(Cl)ncc2Br)cc1F. The Hall–Kier alpha value is -1.20. The van der Waals surface area contributed by atoms with E-state index in [0.29, 0.717) is 15.9 Å². The zero-order valence-electron chi connectivity index (χ0n) is 10.4. The van der Waals surface area contributed by atoms with E-state index in [-0.39, 0.29) is 17.1 Å². The van der Waals surface area contributed by atoms with Gasteiger partial charge in [-0.25, -0.2) is 9.37 Å². The summed E-state index contributed by atoms with van der Waals surface area (Å²) in [7, 11) is 0. The highest BCUT2D eigenvalue weighted by atomic mass is 79.9. The molecular weight excluding hydrogens is 333 g/mol. The van der Waals surface area contributed by atoms with Gasteiger partial charge in [0.15, 0.2) is 0 Å². The molecule has 1 N–H and O–H groups in total. The van der Waals surface area contributed by atoms with Crippen LogP contribution in [0.25, 0.3) is 0 Å². The maximum absolute atomic E-state index is 13.5. The molecule has 0 fully saturated rings. The van der Waals surface area contributed by atoms with Crippen LogP contribution in [-0.2, 0) is 0 Å². The van der Waals surface area contributed by atoms with E-state index in [9.17, 15) is 4.39 Å². The van der Waals surface area contributed by atoms with E-state index in [1.165, 1.54) is 6.07 Å². The third-order valence-electron chi connectivity index (χ3n) is 2.76. The molecule has 1 aromatic heterocycles. The molecule has 0 aliphatic rings. The predicted molar refractivity (Wildman–Crippen MR) is 77.9 cm³/mol. The van der Waals surface area contributed by atoms with Gasteiger partial charge in [-0.05, 0) is 58.6 Å². The second kappa shape index (κ2) is 5.84. The van der Waals surface area contributed by atoms with Crippen LogP contribution in [0.15, 0.2) is 28.9 Å². The third-order valence-corrected chi connectivity index (χ3v) is 3.53. The second-order valence-electron chi connectivity index (χ2n) is 4.21. The molecule has 0 saturated carbocycles. The highest BCUT2D eigenvalue weighted by Crippen LogP contribution is 2.25. The third kappa shape index (κ3) is 3.42. The second-order valence-corrected chi connectivity index (χ2v) is 5.40. The first-order valence-corrected chi connectivity index (χ1v) is 6.85. The van der Waals surface area contributed by atoms with Gasteiger partial charge < -0.3 is 5.32 Å². The Morgan fingerprint density at radius 3 is 2.84 bits per heavy atom. The first-order chi connectivity index (χ1) is 8.97. The zero-order chi connectivity index (χ0) is 14.0. The van der Waals surface area contributed by atoms with Gasteiger partial charge in [0.25, 0.3) is 0 Å². The molecule has 2 rings (SSSR count). The Balaban J connectivity index is 2.22. The summed E-state index contributed by atoms with van der Waals surface area (Å²) in [5.41, 5.74) is 1.46. The number of halogens is 3. The Labute approximate surface area is 124 Å². The highest BCUT2D eigenvalue weighted by molar-refractivity contribution is 9.10. The summed E-state index contributed by atoms with van der Waals surface area (Å²) in [5, 5.41) is 3.33. The highest BCUT2D eigenvalue weighted by Gasteiger charge is 2.11. The van der Waals surface area contributed by atoms with Crippen molar-refractivity contribution in [1.29, 1.82) is 0 Å². The fraction of sp³-hybridized carbons (Fsp3) is 0.231. The molecule has 0 spiro atoms. The fourth-order valence-corrected chi connectivity index (χ4v) is 2.05. The number of rotatable bonds is 3. The topological polar surface area (TPSA) is 37.8 Å². The van der Waals surface area contributed by atoms with Crippen LogP contribution in [0.1, 0.15) is 24.1 Å². The summed E-state index contributed by atoms with van der Waals surface area (Å²) in [6.45, 7) is 3.66. The summed E-state index contributed by atoms with van der Waals surface area (Å²) in [6, 6.07) is 5.05. The van der Waals surface area contributed by atoms with Crippen molar-refractivity contribution in [1.82, 2.24) is 9.97 Å². The molecule has 1 atom stereocenters. The Morgan fingerprint density at radius 1 is 1.42 bits per heavy atom. The molecule has 0 aliphatic carbocycles. The number of aryl methyl sites for hydroxylation is 1. The minimum absolute atomic E-state index is 0.0997. The van der Waals surface area contributed by atoms with Gasteiger partial charge in [0.05, 0.1) is 10.5 Å². The maximum Gasteiger partial charge on any atom is 0.224 e. The average Bonchev–Trinajstić information content (AvgIpc) is 2.37. The molecule has 0 saturated heterocycles.